The number of rotatable bonds is 2. The molecule has 2 atom stereocenters. The average Bonchev–Trinajstić information content (AvgIpc) is 2.40. The van der Waals surface area contributed by atoms with E-state index in [0.717, 1.165) is 32.5 Å². The third-order valence-electron chi connectivity index (χ3n) is 4.80. The van der Waals surface area contributed by atoms with Crippen LogP contribution in [-0.4, -0.2) is 72.2 Å². The Bertz CT molecular complexity index is 414. The van der Waals surface area contributed by atoms with Gasteiger partial charge in [-0.05, 0) is 54.4 Å². The molecule has 27 heavy (non-hydrogen) atoms. The van der Waals surface area contributed by atoms with Gasteiger partial charge in [-0.3, -0.25) is 4.90 Å². The van der Waals surface area contributed by atoms with Gasteiger partial charge in [-0.1, -0.05) is 0 Å². The van der Waals surface area contributed by atoms with E-state index >= 15 is 0 Å². The number of carboxylic acid groups (broad SMARTS) is 1. The molecule has 1 fully saturated rings. The molecule has 9 heteroatoms. The number of hydrogen-bond donors (Lipinski definition) is 3. The summed E-state index contributed by atoms with van der Waals surface area (Å²) >= 11 is 0. The van der Waals surface area contributed by atoms with Crippen molar-refractivity contribution in [2.45, 2.75) is 77.5 Å². The Morgan fingerprint density at radius 2 is 1.56 bits per heavy atom. The Balaban J connectivity index is -0.00000192. The Labute approximate surface area is 186 Å². The van der Waals surface area contributed by atoms with Gasteiger partial charge in [-0.15, -0.1) is 0 Å². The van der Waals surface area contributed by atoms with Crippen LogP contribution in [0.2, 0.25) is 0 Å². The first kappa shape index (κ1) is 31.9. The molecular weight excluding hydrogens is 464 g/mol. The summed E-state index contributed by atoms with van der Waals surface area (Å²) in [5.41, 5.74) is -0.0229. The number of aliphatic carboxylic acids is 1. The van der Waals surface area contributed by atoms with Crippen LogP contribution in [-0.2, 0) is 21.9 Å². The van der Waals surface area contributed by atoms with Gasteiger partial charge < -0.3 is 48.3 Å². The molecule has 0 aliphatic carbocycles. The molecule has 167 valence electrons. The normalized spacial score (nSPS) is 27.0. The van der Waals surface area contributed by atoms with Crippen molar-refractivity contribution in [2.24, 2.45) is 0 Å². The molecule has 1 heterocycles. The van der Waals surface area contributed by atoms with Gasteiger partial charge in [0.1, 0.15) is 0 Å². The van der Waals surface area contributed by atoms with Crippen LogP contribution in [0.15, 0.2) is 0 Å². The second-order valence-corrected chi connectivity index (χ2v) is 8.58. The third kappa shape index (κ3) is 14.0. The smallest absolute Gasteiger partial charge is 1.00 e. The van der Waals surface area contributed by atoms with E-state index in [0.29, 0.717) is 12.6 Å². The molecule has 0 saturated carbocycles. The van der Waals surface area contributed by atoms with Gasteiger partial charge in [0.05, 0.1) is 5.97 Å². The standard InChI is InChI=1S/C18H38N4O2.BrH.Cu.H2O/c1-14-11-17(3,4)21-9-10-22(13-16(23)24)15(2)12-18(5,6)20-8-7-19-14;;;/h14-15,19-21H,7-13H2,1-6H3,(H,23,24);1H;;1H2/q;;+2;/p-2/t14-,15+;;;/m0.../s1. The number of hydrogen-bond acceptors (Lipinski definition) is 6. The van der Waals surface area contributed by atoms with E-state index in [-0.39, 0.29) is 63.2 Å². The van der Waals surface area contributed by atoms with Crippen molar-refractivity contribution >= 4 is 5.97 Å². The van der Waals surface area contributed by atoms with Gasteiger partial charge in [-0.25, -0.2) is 0 Å². The Kier molecular flexibility index (Phi) is 16.9. The SMILES string of the molecule is C[C@@H]1CC(C)(C)NCCN[C@@H](C)CC(C)(C)NCCN1CC(=O)[O-].O.[Br-].[Cu+2]. The van der Waals surface area contributed by atoms with E-state index in [1.54, 1.807) is 0 Å². The van der Waals surface area contributed by atoms with E-state index in [1.165, 1.54) is 0 Å². The van der Waals surface area contributed by atoms with Crippen LogP contribution in [0.5, 0.6) is 0 Å². The fourth-order valence-electron chi connectivity index (χ4n) is 3.73. The predicted octanol–water partition coefficient (Wildman–Crippen LogP) is -3.89. The first-order chi connectivity index (χ1) is 11.0. The summed E-state index contributed by atoms with van der Waals surface area (Å²) in [6, 6.07) is 0.601. The molecule has 1 saturated heterocycles. The van der Waals surface area contributed by atoms with Crippen molar-refractivity contribution in [1.82, 2.24) is 20.9 Å². The van der Waals surface area contributed by atoms with Gasteiger partial charge in [0, 0.05) is 55.9 Å². The first-order valence-electron chi connectivity index (χ1n) is 9.18. The fourth-order valence-corrected chi connectivity index (χ4v) is 3.73. The number of carbonyl (C=O) groups is 1. The zero-order valence-corrected chi connectivity index (χ0v) is 20.1. The summed E-state index contributed by atoms with van der Waals surface area (Å²) in [5.74, 6) is -1.01. The fraction of sp³-hybridized carbons (Fsp3) is 0.944. The molecule has 1 aliphatic rings. The molecular formula is C18H39BrCuN4O3. The van der Waals surface area contributed by atoms with Crippen LogP contribution in [0.4, 0.5) is 0 Å². The van der Waals surface area contributed by atoms with Crippen molar-refractivity contribution in [3.8, 4) is 0 Å². The molecule has 0 aromatic rings. The van der Waals surface area contributed by atoms with Gasteiger partial charge in [0.25, 0.3) is 0 Å². The average molecular weight is 503 g/mol. The summed E-state index contributed by atoms with van der Waals surface area (Å²) in [4.78, 5) is 13.1. The van der Waals surface area contributed by atoms with Gasteiger partial charge in [0.15, 0.2) is 0 Å². The minimum atomic E-state index is -1.01. The van der Waals surface area contributed by atoms with E-state index in [9.17, 15) is 9.90 Å². The Morgan fingerprint density at radius 3 is 2.11 bits per heavy atom. The van der Waals surface area contributed by atoms with Gasteiger partial charge in [0.2, 0.25) is 0 Å². The number of halogens is 1. The number of nitrogens with one attached hydrogen (secondary N) is 3. The van der Waals surface area contributed by atoms with Crippen molar-refractivity contribution in [3.63, 3.8) is 0 Å². The number of carboxylic acids is 1. The van der Waals surface area contributed by atoms with E-state index < -0.39 is 5.97 Å². The number of nitrogens with zero attached hydrogens (tertiary/aromatic N) is 1. The van der Waals surface area contributed by atoms with Crippen molar-refractivity contribution in [2.75, 3.05) is 32.7 Å². The summed E-state index contributed by atoms with van der Waals surface area (Å²) < 4.78 is 0. The second kappa shape index (κ2) is 14.3. The zero-order chi connectivity index (χ0) is 18.4. The Hall–Kier alpha value is 0.269. The van der Waals surface area contributed by atoms with Crippen LogP contribution in [0.25, 0.3) is 0 Å². The minimum Gasteiger partial charge on any atom is -1.00 e. The summed E-state index contributed by atoms with van der Waals surface area (Å²) in [5, 5.41) is 21.9. The molecule has 5 N–H and O–H groups in total. The van der Waals surface area contributed by atoms with Crippen molar-refractivity contribution in [3.05, 3.63) is 0 Å². The minimum absolute atomic E-state index is 0. The maximum atomic E-state index is 11.1. The van der Waals surface area contributed by atoms with Gasteiger partial charge in [-0.2, -0.15) is 0 Å². The van der Waals surface area contributed by atoms with Crippen LogP contribution < -0.4 is 38.0 Å². The number of carbonyl (C=O) groups excluding carboxylic acids is 1. The molecule has 1 rings (SSSR count). The van der Waals surface area contributed by atoms with E-state index in [1.807, 2.05) is 4.90 Å². The molecule has 7 nitrogen and oxygen atoms in total. The Morgan fingerprint density at radius 1 is 1.04 bits per heavy atom. The van der Waals surface area contributed by atoms with Crippen molar-refractivity contribution in [1.29, 1.82) is 0 Å². The molecule has 1 aliphatic heterocycles. The van der Waals surface area contributed by atoms with Crippen molar-refractivity contribution < 1.29 is 49.4 Å². The molecule has 0 spiro atoms. The summed E-state index contributed by atoms with van der Waals surface area (Å²) in [7, 11) is 0. The second-order valence-electron chi connectivity index (χ2n) is 8.58. The zero-order valence-electron chi connectivity index (χ0n) is 17.5. The van der Waals surface area contributed by atoms with E-state index in [4.69, 9.17) is 0 Å². The maximum absolute atomic E-state index is 11.1. The molecule has 0 aromatic heterocycles. The van der Waals surface area contributed by atoms with Gasteiger partial charge >= 0.3 is 17.1 Å². The molecule has 0 aromatic carbocycles. The van der Waals surface area contributed by atoms with Crippen LogP contribution >= 0.6 is 0 Å². The summed E-state index contributed by atoms with van der Waals surface area (Å²) in [6.45, 7) is 16.4. The third-order valence-corrected chi connectivity index (χ3v) is 4.80. The first-order valence-corrected chi connectivity index (χ1v) is 9.18. The van der Waals surface area contributed by atoms with Crippen LogP contribution in [0.1, 0.15) is 54.4 Å². The summed E-state index contributed by atoms with van der Waals surface area (Å²) in [6.07, 6.45) is 1.91. The predicted molar refractivity (Wildman–Crippen MR) is 101 cm³/mol. The van der Waals surface area contributed by atoms with Crippen LogP contribution in [0, 0.1) is 0 Å². The molecule has 0 amide bonds. The van der Waals surface area contributed by atoms with E-state index in [2.05, 4.69) is 57.5 Å². The quantitative estimate of drug-likeness (QED) is 0.333. The topological polar surface area (TPSA) is 111 Å². The molecule has 0 unspecified atom stereocenters. The largest absolute Gasteiger partial charge is 2.00 e. The maximum Gasteiger partial charge on any atom is 2.00 e. The monoisotopic (exact) mass is 501 g/mol. The van der Waals surface area contributed by atoms with Crippen LogP contribution in [0.3, 0.4) is 0 Å². The molecule has 0 bridgehead atoms. The molecule has 1 radical (unpaired) electrons.